The van der Waals surface area contributed by atoms with Crippen LogP contribution in [0.5, 0.6) is 11.5 Å². The van der Waals surface area contributed by atoms with Gasteiger partial charge in [0.25, 0.3) is 0 Å². The van der Waals surface area contributed by atoms with Gasteiger partial charge in [0.2, 0.25) is 18.6 Å². The highest BCUT2D eigenvalue weighted by atomic mass is 19.2. The number of rotatable bonds is 6. The zero-order valence-electron chi connectivity index (χ0n) is 14.9. The van der Waals surface area contributed by atoms with Crippen molar-refractivity contribution in [3.8, 4) is 11.5 Å². The highest BCUT2D eigenvalue weighted by Gasteiger charge is 2.18. The van der Waals surface area contributed by atoms with Crippen LogP contribution in [0.15, 0.2) is 30.3 Å². The summed E-state index contributed by atoms with van der Waals surface area (Å²) in [6, 6.07) is 6.90. The Morgan fingerprint density at radius 3 is 2.57 bits per heavy atom. The molecule has 0 saturated heterocycles. The summed E-state index contributed by atoms with van der Waals surface area (Å²) in [7, 11) is 0. The average molecular weight is 394 g/mol. The van der Waals surface area contributed by atoms with E-state index in [1.807, 2.05) is 0 Å². The number of fused-ring (bicyclic) bond motifs is 1. The summed E-state index contributed by atoms with van der Waals surface area (Å²) in [4.78, 5) is 25.3. The summed E-state index contributed by atoms with van der Waals surface area (Å²) in [5, 5.41) is 2.18. The average Bonchev–Trinajstić information content (AvgIpc) is 3.13. The van der Waals surface area contributed by atoms with Gasteiger partial charge in [-0.25, -0.2) is 13.2 Å². The Bertz CT molecular complexity index is 920. The standard InChI is InChI=1S/C19H17F3N2O4/c1-11(25)24(9-12-2-5-15-16(8-12)28-10-27-15)7-6-17(26)23-14-4-3-13(20)18(21)19(14)22/h2-5,8H,6-7,9-10H2,1H3,(H,23,26). The van der Waals surface area contributed by atoms with E-state index in [1.165, 1.54) is 11.8 Å². The second kappa shape index (κ2) is 8.20. The van der Waals surface area contributed by atoms with E-state index in [1.54, 1.807) is 18.2 Å². The molecule has 0 fully saturated rings. The van der Waals surface area contributed by atoms with Crippen LogP contribution in [0.3, 0.4) is 0 Å². The fourth-order valence-electron chi connectivity index (χ4n) is 2.68. The van der Waals surface area contributed by atoms with Crippen LogP contribution in [0, 0.1) is 17.5 Å². The van der Waals surface area contributed by atoms with Crippen LogP contribution >= 0.6 is 0 Å². The van der Waals surface area contributed by atoms with E-state index >= 15 is 0 Å². The molecule has 6 nitrogen and oxygen atoms in total. The molecule has 0 aromatic heterocycles. The van der Waals surface area contributed by atoms with Crippen LogP contribution in [0.1, 0.15) is 18.9 Å². The van der Waals surface area contributed by atoms with Crippen molar-refractivity contribution in [2.45, 2.75) is 19.9 Å². The number of halogens is 3. The Balaban J connectivity index is 1.60. The number of nitrogens with one attached hydrogen (secondary N) is 1. The van der Waals surface area contributed by atoms with Gasteiger partial charge in [-0.05, 0) is 29.8 Å². The molecule has 1 aliphatic heterocycles. The second-order valence-corrected chi connectivity index (χ2v) is 6.15. The first kappa shape index (κ1) is 19.5. The minimum absolute atomic E-state index is 0.0565. The molecule has 0 atom stereocenters. The summed E-state index contributed by atoms with van der Waals surface area (Å²) < 4.78 is 50.3. The fourth-order valence-corrected chi connectivity index (χ4v) is 2.68. The predicted octanol–water partition coefficient (Wildman–Crippen LogP) is 3.21. The normalized spacial score (nSPS) is 12.0. The number of ether oxygens (including phenoxy) is 2. The van der Waals surface area contributed by atoms with Gasteiger partial charge in [0, 0.05) is 26.4 Å². The van der Waals surface area contributed by atoms with Gasteiger partial charge in [-0.3, -0.25) is 9.59 Å². The minimum atomic E-state index is -1.66. The summed E-state index contributed by atoms with van der Waals surface area (Å²) in [6.07, 6.45) is -0.150. The van der Waals surface area contributed by atoms with E-state index in [0.29, 0.717) is 11.5 Å². The van der Waals surface area contributed by atoms with Gasteiger partial charge in [0.05, 0.1) is 5.69 Å². The number of nitrogens with zero attached hydrogens (tertiary/aromatic N) is 1. The number of hydrogen-bond donors (Lipinski definition) is 1. The lowest BCUT2D eigenvalue weighted by Gasteiger charge is -2.21. The summed E-state index contributed by atoms with van der Waals surface area (Å²) in [5.74, 6) is -4.19. The van der Waals surface area contributed by atoms with Crippen LogP contribution < -0.4 is 14.8 Å². The van der Waals surface area contributed by atoms with Crippen molar-refractivity contribution >= 4 is 17.5 Å². The Hall–Kier alpha value is -3.23. The SMILES string of the molecule is CC(=O)N(CCC(=O)Nc1ccc(F)c(F)c1F)Cc1ccc2c(c1)OCO2. The van der Waals surface area contributed by atoms with Crippen LogP contribution in [0.2, 0.25) is 0 Å². The maximum Gasteiger partial charge on any atom is 0.231 e. The Labute approximate surface area is 158 Å². The molecular weight excluding hydrogens is 377 g/mol. The molecule has 28 heavy (non-hydrogen) atoms. The molecule has 2 amide bonds. The molecule has 1 heterocycles. The topological polar surface area (TPSA) is 67.9 Å². The molecule has 9 heteroatoms. The van der Waals surface area contributed by atoms with Gasteiger partial charge in [-0.15, -0.1) is 0 Å². The lowest BCUT2D eigenvalue weighted by molar-refractivity contribution is -0.129. The molecular formula is C19H17F3N2O4. The van der Waals surface area contributed by atoms with Crippen molar-refractivity contribution in [3.63, 3.8) is 0 Å². The molecule has 0 spiro atoms. The molecule has 2 aromatic carbocycles. The van der Waals surface area contributed by atoms with Crippen molar-refractivity contribution < 1.29 is 32.2 Å². The Morgan fingerprint density at radius 1 is 1.07 bits per heavy atom. The van der Waals surface area contributed by atoms with Gasteiger partial charge >= 0.3 is 0 Å². The molecule has 0 radical (unpaired) electrons. The number of benzene rings is 2. The first-order valence-corrected chi connectivity index (χ1v) is 8.42. The minimum Gasteiger partial charge on any atom is -0.454 e. The highest BCUT2D eigenvalue weighted by molar-refractivity contribution is 5.91. The number of carbonyl (C=O) groups is 2. The van der Waals surface area contributed by atoms with Gasteiger partial charge < -0.3 is 19.7 Å². The van der Waals surface area contributed by atoms with Crippen molar-refractivity contribution in [1.29, 1.82) is 0 Å². The molecule has 148 valence electrons. The van der Waals surface area contributed by atoms with Crippen molar-refractivity contribution in [3.05, 3.63) is 53.3 Å². The molecule has 0 unspecified atom stereocenters. The quantitative estimate of drug-likeness (QED) is 0.764. The summed E-state index contributed by atoms with van der Waals surface area (Å²) in [6.45, 7) is 1.79. The maximum atomic E-state index is 13.6. The summed E-state index contributed by atoms with van der Waals surface area (Å²) in [5.41, 5.74) is 0.320. The smallest absolute Gasteiger partial charge is 0.231 e. The number of hydrogen-bond acceptors (Lipinski definition) is 4. The molecule has 3 rings (SSSR count). The monoisotopic (exact) mass is 394 g/mol. The fraction of sp³-hybridized carbons (Fsp3) is 0.263. The maximum absolute atomic E-state index is 13.6. The van der Waals surface area contributed by atoms with Crippen molar-refractivity contribution in [2.75, 3.05) is 18.7 Å². The van der Waals surface area contributed by atoms with Crippen LogP contribution in [0.4, 0.5) is 18.9 Å². The van der Waals surface area contributed by atoms with E-state index in [4.69, 9.17) is 9.47 Å². The third-order valence-electron chi connectivity index (χ3n) is 4.17. The zero-order valence-corrected chi connectivity index (χ0v) is 14.9. The van der Waals surface area contributed by atoms with Gasteiger partial charge in [0.15, 0.2) is 29.0 Å². The predicted molar refractivity (Wildman–Crippen MR) is 93.2 cm³/mol. The molecule has 1 N–H and O–H groups in total. The number of amides is 2. The van der Waals surface area contributed by atoms with Crippen molar-refractivity contribution in [2.24, 2.45) is 0 Å². The third kappa shape index (κ3) is 4.36. The van der Waals surface area contributed by atoms with E-state index in [9.17, 15) is 22.8 Å². The Kier molecular flexibility index (Phi) is 5.72. The highest BCUT2D eigenvalue weighted by Crippen LogP contribution is 2.32. The van der Waals surface area contributed by atoms with E-state index in [2.05, 4.69) is 5.32 Å². The van der Waals surface area contributed by atoms with Crippen LogP contribution in [-0.4, -0.2) is 30.1 Å². The van der Waals surface area contributed by atoms with E-state index < -0.39 is 29.0 Å². The molecule has 0 aliphatic carbocycles. The lowest BCUT2D eigenvalue weighted by atomic mass is 10.2. The van der Waals surface area contributed by atoms with E-state index in [0.717, 1.165) is 17.7 Å². The van der Waals surface area contributed by atoms with E-state index in [-0.39, 0.29) is 32.2 Å². The first-order valence-electron chi connectivity index (χ1n) is 8.42. The molecule has 1 aliphatic rings. The number of anilines is 1. The van der Waals surface area contributed by atoms with Crippen molar-refractivity contribution in [1.82, 2.24) is 4.90 Å². The molecule has 2 aromatic rings. The second-order valence-electron chi connectivity index (χ2n) is 6.15. The first-order chi connectivity index (χ1) is 13.3. The zero-order chi connectivity index (χ0) is 20.3. The van der Waals surface area contributed by atoms with Gasteiger partial charge in [-0.2, -0.15) is 0 Å². The molecule has 0 saturated carbocycles. The third-order valence-corrected chi connectivity index (χ3v) is 4.17. The largest absolute Gasteiger partial charge is 0.454 e. The van der Waals surface area contributed by atoms with Crippen LogP contribution in [0.25, 0.3) is 0 Å². The van der Waals surface area contributed by atoms with Gasteiger partial charge in [-0.1, -0.05) is 6.07 Å². The van der Waals surface area contributed by atoms with Gasteiger partial charge in [0.1, 0.15) is 0 Å². The summed E-state index contributed by atoms with van der Waals surface area (Å²) >= 11 is 0. The Morgan fingerprint density at radius 2 is 1.82 bits per heavy atom. The molecule has 0 bridgehead atoms. The number of carbonyl (C=O) groups excluding carboxylic acids is 2. The lowest BCUT2D eigenvalue weighted by Crippen LogP contribution is -2.31. The van der Waals surface area contributed by atoms with Crippen LogP contribution in [-0.2, 0) is 16.1 Å².